The molecule has 0 atom stereocenters. The Morgan fingerprint density at radius 3 is 2.64 bits per heavy atom. The molecule has 0 spiro atoms. The largest absolute Gasteiger partial charge is 0.384 e. The topological polar surface area (TPSA) is 101 Å². The van der Waals surface area contributed by atoms with Gasteiger partial charge < -0.3 is 16.0 Å². The summed E-state index contributed by atoms with van der Waals surface area (Å²) in [6, 6.07) is 1.72. The maximum atomic E-state index is 12.2. The Balaban J connectivity index is 2.56. The van der Waals surface area contributed by atoms with Gasteiger partial charge in [0.15, 0.2) is 5.16 Å². The molecule has 0 aromatic carbocycles. The van der Waals surface area contributed by atoms with E-state index in [1.54, 1.807) is 6.07 Å². The molecule has 0 aliphatic rings. The maximum Gasteiger partial charge on any atom is 0.239 e. The molecule has 0 bridgehead atoms. The van der Waals surface area contributed by atoms with E-state index >= 15 is 0 Å². The van der Waals surface area contributed by atoms with E-state index in [1.807, 2.05) is 27.7 Å². The van der Waals surface area contributed by atoms with Crippen LogP contribution in [0, 0.1) is 6.92 Å². The standard InChI is InChI=1S/C14H23N5O2S/c1-5-19(7-12(20)16-9(2)3)13(21)8-22-14-17-10(4)6-11(15)18-14/h6,9H,5,7-8H2,1-4H3,(H,16,20)(H2,15,17,18). The van der Waals surface area contributed by atoms with Crippen molar-refractivity contribution < 1.29 is 9.59 Å². The first kappa shape index (κ1) is 18.2. The Morgan fingerprint density at radius 2 is 2.09 bits per heavy atom. The lowest BCUT2D eigenvalue weighted by molar-refractivity contribution is -0.134. The molecular weight excluding hydrogens is 302 g/mol. The van der Waals surface area contributed by atoms with Crippen LogP contribution in [0.25, 0.3) is 0 Å². The number of amides is 2. The molecule has 0 unspecified atom stereocenters. The van der Waals surface area contributed by atoms with Crippen molar-refractivity contribution in [1.29, 1.82) is 0 Å². The Morgan fingerprint density at radius 1 is 1.41 bits per heavy atom. The fourth-order valence-corrected chi connectivity index (χ4v) is 2.58. The number of anilines is 1. The summed E-state index contributed by atoms with van der Waals surface area (Å²) in [5, 5.41) is 3.24. The van der Waals surface area contributed by atoms with Crippen molar-refractivity contribution in [3.05, 3.63) is 11.8 Å². The molecule has 0 fully saturated rings. The molecule has 0 saturated heterocycles. The Kier molecular flexibility index (Phi) is 7.10. The van der Waals surface area contributed by atoms with Crippen molar-refractivity contribution in [2.75, 3.05) is 24.6 Å². The predicted molar refractivity (Wildman–Crippen MR) is 87.4 cm³/mol. The molecule has 7 nitrogen and oxygen atoms in total. The van der Waals surface area contributed by atoms with Crippen LogP contribution in [0.2, 0.25) is 0 Å². The lowest BCUT2D eigenvalue weighted by Gasteiger charge is -2.20. The zero-order valence-corrected chi connectivity index (χ0v) is 14.2. The highest BCUT2D eigenvalue weighted by molar-refractivity contribution is 7.99. The van der Waals surface area contributed by atoms with Crippen LogP contribution in [0.1, 0.15) is 26.5 Å². The van der Waals surface area contributed by atoms with Crippen molar-refractivity contribution in [3.8, 4) is 0 Å². The minimum absolute atomic E-state index is 0.0550. The summed E-state index contributed by atoms with van der Waals surface area (Å²) in [7, 11) is 0. The van der Waals surface area contributed by atoms with Gasteiger partial charge in [0.1, 0.15) is 5.82 Å². The van der Waals surface area contributed by atoms with Crippen LogP contribution in [0.4, 0.5) is 5.82 Å². The van der Waals surface area contributed by atoms with Crippen LogP contribution in [-0.2, 0) is 9.59 Å². The van der Waals surface area contributed by atoms with E-state index < -0.39 is 0 Å². The van der Waals surface area contributed by atoms with Gasteiger partial charge in [0, 0.05) is 24.3 Å². The van der Waals surface area contributed by atoms with E-state index in [9.17, 15) is 9.59 Å². The van der Waals surface area contributed by atoms with E-state index in [1.165, 1.54) is 16.7 Å². The average molecular weight is 325 g/mol. The quantitative estimate of drug-likeness (QED) is 0.569. The molecular formula is C14H23N5O2S. The first-order valence-corrected chi connectivity index (χ1v) is 8.11. The van der Waals surface area contributed by atoms with E-state index in [-0.39, 0.29) is 30.2 Å². The highest BCUT2D eigenvalue weighted by Crippen LogP contribution is 2.15. The monoisotopic (exact) mass is 325 g/mol. The van der Waals surface area contributed by atoms with Gasteiger partial charge in [0.2, 0.25) is 11.8 Å². The molecule has 0 aliphatic carbocycles. The van der Waals surface area contributed by atoms with Crippen LogP contribution in [-0.4, -0.2) is 51.6 Å². The van der Waals surface area contributed by atoms with Crippen molar-refractivity contribution in [3.63, 3.8) is 0 Å². The average Bonchev–Trinajstić information content (AvgIpc) is 2.40. The molecule has 1 heterocycles. The fourth-order valence-electron chi connectivity index (χ4n) is 1.76. The molecule has 1 rings (SSSR count). The fraction of sp³-hybridized carbons (Fsp3) is 0.571. The number of carbonyl (C=O) groups excluding carboxylic acids is 2. The van der Waals surface area contributed by atoms with E-state index in [2.05, 4.69) is 15.3 Å². The number of hydrogen-bond acceptors (Lipinski definition) is 6. The normalized spacial score (nSPS) is 10.6. The first-order chi connectivity index (χ1) is 10.3. The van der Waals surface area contributed by atoms with Crippen molar-refractivity contribution in [2.24, 2.45) is 0 Å². The number of nitrogen functional groups attached to an aromatic ring is 1. The Bertz CT molecular complexity index is 516. The van der Waals surface area contributed by atoms with Gasteiger partial charge in [-0.2, -0.15) is 0 Å². The SMILES string of the molecule is CCN(CC(=O)NC(C)C)C(=O)CSc1nc(C)cc(N)n1. The molecule has 1 aromatic heterocycles. The zero-order chi connectivity index (χ0) is 16.7. The van der Waals surface area contributed by atoms with E-state index in [4.69, 9.17) is 5.73 Å². The summed E-state index contributed by atoms with van der Waals surface area (Å²) in [6.07, 6.45) is 0. The third kappa shape index (κ3) is 6.30. The molecule has 122 valence electrons. The number of thioether (sulfide) groups is 1. The molecule has 0 saturated carbocycles. The van der Waals surface area contributed by atoms with E-state index in [0.29, 0.717) is 17.5 Å². The maximum absolute atomic E-state index is 12.2. The number of nitrogens with two attached hydrogens (primary N) is 1. The summed E-state index contributed by atoms with van der Waals surface area (Å²) in [5.74, 6) is 0.263. The van der Waals surface area contributed by atoms with Crippen LogP contribution in [0.5, 0.6) is 0 Å². The zero-order valence-electron chi connectivity index (χ0n) is 13.4. The van der Waals surface area contributed by atoms with Crippen LogP contribution >= 0.6 is 11.8 Å². The second kappa shape index (κ2) is 8.57. The number of nitrogens with zero attached hydrogens (tertiary/aromatic N) is 3. The van der Waals surface area contributed by atoms with Gasteiger partial charge in [-0.3, -0.25) is 9.59 Å². The lowest BCUT2D eigenvalue weighted by Crippen LogP contribution is -2.43. The number of nitrogens with one attached hydrogen (secondary N) is 1. The number of aryl methyl sites for hydroxylation is 1. The van der Waals surface area contributed by atoms with Crippen LogP contribution in [0.15, 0.2) is 11.2 Å². The number of hydrogen-bond donors (Lipinski definition) is 2. The first-order valence-electron chi connectivity index (χ1n) is 7.13. The minimum Gasteiger partial charge on any atom is -0.384 e. The third-order valence-corrected chi connectivity index (χ3v) is 3.53. The van der Waals surface area contributed by atoms with Crippen LogP contribution in [0.3, 0.4) is 0 Å². The van der Waals surface area contributed by atoms with Crippen molar-refractivity contribution >= 4 is 29.4 Å². The summed E-state index contributed by atoms with van der Waals surface area (Å²) >= 11 is 1.22. The second-order valence-corrected chi connectivity index (χ2v) is 6.08. The van der Waals surface area contributed by atoms with Gasteiger partial charge in [0.05, 0.1) is 12.3 Å². The highest BCUT2D eigenvalue weighted by atomic mass is 32.2. The summed E-state index contributed by atoms with van der Waals surface area (Å²) in [6.45, 7) is 7.95. The lowest BCUT2D eigenvalue weighted by atomic mass is 10.3. The summed E-state index contributed by atoms with van der Waals surface area (Å²) < 4.78 is 0. The molecule has 0 radical (unpaired) electrons. The summed E-state index contributed by atoms with van der Waals surface area (Å²) in [4.78, 5) is 33.7. The number of likely N-dealkylation sites (N-methyl/N-ethyl adjacent to an activating group) is 1. The highest BCUT2D eigenvalue weighted by Gasteiger charge is 2.16. The van der Waals surface area contributed by atoms with Gasteiger partial charge in [0.25, 0.3) is 0 Å². The van der Waals surface area contributed by atoms with Crippen molar-refractivity contribution in [1.82, 2.24) is 20.2 Å². The van der Waals surface area contributed by atoms with Gasteiger partial charge in [-0.1, -0.05) is 11.8 Å². The number of rotatable bonds is 7. The minimum atomic E-state index is -0.161. The Hall–Kier alpha value is -1.83. The molecule has 0 aliphatic heterocycles. The van der Waals surface area contributed by atoms with Gasteiger partial charge in [-0.05, 0) is 27.7 Å². The van der Waals surface area contributed by atoms with E-state index in [0.717, 1.165) is 5.69 Å². The smallest absolute Gasteiger partial charge is 0.239 e. The summed E-state index contributed by atoms with van der Waals surface area (Å²) in [5.41, 5.74) is 6.41. The van der Waals surface area contributed by atoms with Gasteiger partial charge in [-0.15, -0.1) is 0 Å². The van der Waals surface area contributed by atoms with Crippen molar-refractivity contribution in [2.45, 2.75) is 38.9 Å². The number of aromatic nitrogens is 2. The molecule has 22 heavy (non-hydrogen) atoms. The van der Waals surface area contributed by atoms with Crippen LogP contribution < -0.4 is 11.1 Å². The van der Waals surface area contributed by atoms with Gasteiger partial charge >= 0.3 is 0 Å². The number of carbonyl (C=O) groups is 2. The second-order valence-electron chi connectivity index (χ2n) is 5.14. The van der Waals surface area contributed by atoms with Gasteiger partial charge in [-0.25, -0.2) is 9.97 Å². The Labute approximate surface area is 135 Å². The molecule has 3 N–H and O–H groups in total. The third-order valence-electron chi connectivity index (χ3n) is 2.70. The molecule has 8 heteroatoms. The molecule has 1 aromatic rings. The molecule has 2 amide bonds. The predicted octanol–water partition coefficient (Wildman–Crippen LogP) is 0.832.